The van der Waals surface area contributed by atoms with Gasteiger partial charge in [0, 0.05) is 0 Å². The van der Waals surface area contributed by atoms with Gasteiger partial charge < -0.3 is 0 Å². The number of nitrogens with zero attached hydrogens (tertiary/aromatic N) is 1. The van der Waals surface area contributed by atoms with Crippen molar-refractivity contribution in [1.29, 1.82) is 0 Å². The molecule has 0 saturated carbocycles. The molecule has 0 aromatic rings. The molecule has 1 rings (SSSR count). The van der Waals surface area contributed by atoms with Gasteiger partial charge in [0.05, 0.1) is 0 Å². The summed E-state index contributed by atoms with van der Waals surface area (Å²) in [7, 11) is 0. The third-order valence-electron chi connectivity index (χ3n) is 2.83. The Morgan fingerprint density at radius 1 is 1.20 bits per heavy atom. The second-order valence-corrected chi connectivity index (χ2v) is 18.0. The van der Waals surface area contributed by atoms with Gasteiger partial charge in [-0.2, -0.15) is 0 Å². The molecule has 0 unspecified atom stereocenters. The molecule has 0 aromatic carbocycles. The molecular weight excluding hydrogens is 229 g/mol. The number of rotatable bonds is 2. The van der Waals surface area contributed by atoms with Crippen molar-refractivity contribution in [2.75, 3.05) is 13.1 Å². The van der Waals surface area contributed by atoms with Crippen molar-refractivity contribution in [1.82, 2.24) is 3.12 Å². The molecule has 60 valence electrons. The van der Waals surface area contributed by atoms with E-state index in [0.717, 1.165) is 0 Å². The summed E-state index contributed by atoms with van der Waals surface area (Å²) in [6.45, 7) is 5.20. The molecule has 0 atom stereocenters. The molecule has 0 N–H and O–H groups in total. The molecule has 0 aliphatic carbocycles. The maximum absolute atomic E-state index is 2.81. The van der Waals surface area contributed by atoms with Crippen molar-refractivity contribution in [3.05, 3.63) is 0 Å². The fourth-order valence-corrected chi connectivity index (χ4v) is 7.18. The molecule has 1 nitrogen and oxygen atoms in total. The van der Waals surface area contributed by atoms with E-state index in [2.05, 4.69) is 19.9 Å². The number of hydrogen-bond acceptors (Lipinski definition) is 1. The predicted molar refractivity (Wildman–Crippen MR) is 48.8 cm³/mol. The zero-order chi connectivity index (χ0) is 7.61. The van der Waals surface area contributed by atoms with Crippen LogP contribution in [-0.2, 0) is 0 Å². The molecule has 0 aromatic heterocycles. The zero-order valence-electron chi connectivity index (χ0n) is 7.48. The zero-order valence-corrected chi connectivity index (χ0v) is 10.3. The van der Waals surface area contributed by atoms with Gasteiger partial charge in [0.25, 0.3) is 0 Å². The molecule has 0 radical (unpaired) electrons. The van der Waals surface area contributed by atoms with Crippen molar-refractivity contribution in [3.8, 4) is 0 Å². The fourth-order valence-electron chi connectivity index (χ4n) is 1.55. The van der Waals surface area contributed by atoms with Crippen molar-refractivity contribution < 1.29 is 0 Å². The Morgan fingerprint density at radius 2 is 1.70 bits per heavy atom. The van der Waals surface area contributed by atoms with Crippen LogP contribution in [0.4, 0.5) is 0 Å². The molecule has 10 heavy (non-hydrogen) atoms. The van der Waals surface area contributed by atoms with Crippen LogP contribution in [0.15, 0.2) is 0 Å². The van der Waals surface area contributed by atoms with Crippen molar-refractivity contribution in [2.45, 2.75) is 34.1 Å². The van der Waals surface area contributed by atoms with Crippen molar-refractivity contribution >= 4 is 18.7 Å². The summed E-state index contributed by atoms with van der Waals surface area (Å²) in [4.78, 5) is 5.11. The first-order chi connectivity index (χ1) is 4.67. The minimum atomic E-state index is -1.61. The van der Waals surface area contributed by atoms with E-state index in [1.807, 2.05) is 0 Å². The van der Waals surface area contributed by atoms with E-state index in [4.69, 9.17) is 0 Å². The van der Waals surface area contributed by atoms with Gasteiger partial charge >= 0.3 is 68.9 Å². The normalized spacial score (nSPS) is 21.9. The van der Waals surface area contributed by atoms with Crippen molar-refractivity contribution in [2.24, 2.45) is 0 Å². The summed E-state index contributed by atoms with van der Waals surface area (Å²) in [5.41, 5.74) is 0. The van der Waals surface area contributed by atoms with Crippen molar-refractivity contribution in [3.63, 3.8) is 0 Å². The van der Waals surface area contributed by atoms with Crippen LogP contribution in [0.5, 0.6) is 0 Å². The third-order valence-corrected chi connectivity index (χ3v) is 13.9. The van der Waals surface area contributed by atoms with Crippen LogP contribution in [0.25, 0.3) is 0 Å². The Bertz CT molecular complexity index is 106. The monoisotopic (exact) mass is 249 g/mol. The average Bonchev–Trinajstić information content (AvgIpc) is 2.38. The van der Waals surface area contributed by atoms with Crippen LogP contribution in [0.2, 0.25) is 14.3 Å². The first-order valence-electron chi connectivity index (χ1n) is 4.42. The fraction of sp³-hybridized carbons (Fsp3) is 1.00. The van der Waals surface area contributed by atoms with E-state index >= 15 is 0 Å². The Kier molecular flexibility index (Phi) is 3.04. The second kappa shape index (κ2) is 3.44. The van der Waals surface area contributed by atoms with Crippen LogP contribution >= 0.6 is 0 Å². The van der Waals surface area contributed by atoms with Gasteiger partial charge in [0.1, 0.15) is 0 Å². The van der Waals surface area contributed by atoms with E-state index < -0.39 is 18.7 Å². The summed E-state index contributed by atoms with van der Waals surface area (Å²) in [6.07, 6.45) is 2.92. The van der Waals surface area contributed by atoms with E-state index in [-0.39, 0.29) is 0 Å². The molecule has 1 saturated heterocycles. The molecular formula is C8H19NSn. The first-order valence-corrected chi connectivity index (χ1v) is 13.4. The average molecular weight is 248 g/mol. The number of hydrogen-bond donors (Lipinski definition) is 0. The van der Waals surface area contributed by atoms with Gasteiger partial charge in [-0.1, -0.05) is 0 Å². The molecule has 0 amide bonds. The maximum atomic E-state index is 2.81. The van der Waals surface area contributed by atoms with E-state index in [1.165, 1.54) is 30.4 Å². The summed E-state index contributed by atoms with van der Waals surface area (Å²) in [6, 6.07) is 0. The van der Waals surface area contributed by atoms with E-state index in [0.29, 0.717) is 0 Å². The SMILES string of the molecule is C[CH2][Sn]([CH3])([CH3])[N]1CCCC1. The van der Waals surface area contributed by atoms with Gasteiger partial charge in [0.2, 0.25) is 0 Å². The van der Waals surface area contributed by atoms with Crippen LogP contribution in [0, 0.1) is 0 Å². The minimum absolute atomic E-state index is 1.41. The van der Waals surface area contributed by atoms with Crippen LogP contribution in [0.1, 0.15) is 19.8 Å². The quantitative estimate of drug-likeness (QED) is 0.677. The third kappa shape index (κ3) is 1.88. The summed E-state index contributed by atoms with van der Waals surface area (Å²) in [5.74, 6) is 0. The standard InChI is InChI=1S/C4H8N.C2H5.2CH3.Sn/c1-2-4-5-3-1;1-2;;;/h1-4H2;1H2,2H3;2*1H3;/q-1;;;;+1. The topological polar surface area (TPSA) is 3.24 Å². The Labute approximate surface area is 69.0 Å². The van der Waals surface area contributed by atoms with Crippen LogP contribution < -0.4 is 0 Å². The van der Waals surface area contributed by atoms with Gasteiger partial charge in [-0.3, -0.25) is 0 Å². The summed E-state index contributed by atoms with van der Waals surface area (Å²) in [5, 5.41) is 0. The van der Waals surface area contributed by atoms with E-state index in [9.17, 15) is 0 Å². The van der Waals surface area contributed by atoms with Gasteiger partial charge in [0.15, 0.2) is 0 Å². The Morgan fingerprint density at radius 3 is 2.10 bits per heavy atom. The molecule has 2 heteroatoms. The Hall–Kier alpha value is 0.759. The molecule has 1 aliphatic rings. The van der Waals surface area contributed by atoms with E-state index in [1.54, 1.807) is 0 Å². The van der Waals surface area contributed by atoms with Gasteiger partial charge in [-0.25, -0.2) is 0 Å². The van der Waals surface area contributed by atoms with Gasteiger partial charge in [-0.15, -0.1) is 0 Å². The molecule has 0 spiro atoms. The molecule has 0 bridgehead atoms. The predicted octanol–water partition coefficient (Wildman–Crippen LogP) is 2.31. The molecule has 1 fully saturated rings. The first kappa shape index (κ1) is 8.85. The van der Waals surface area contributed by atoms with Crippen LogP contribution in [-0.4, -0.2) is 34.9 Å². The molecule has 1 aliphatic heterocycles. The Balaban J connectivity index is 2.45. The summed E-state index contributed by atoms with van der Waals surface area (Å²) < 4.78 is 4.30. The van der Waals surface area contributed by atoms with Crippen LogP contribution in [0.3, 0.4) is 0 Å². The summed E-state index contributed by atoms with van der Waals surface area (Å²) >= 11 is -1.61. The van der Waals surface area contributed by atoms with Gasteiger partial charge in [-0.05, 0) is 0 Å². The second-order valence-electron chi connectivity index (χ2n) is 3.86. The molecule has 1 heterocycles.